The fourth-order valence-electron chi connectivity index (χ4n) is 2.53. The second-order valence-corrected chi connectivity index (χ2v) is 4.40. The van der Waals surface area contributed by atoms with Crippen LogP contribution < -0.4 is 4.74 Å². The molecule has 88 valence electrons. The predicted octanol–water partition coefficient (Wildman–Crippen LogP) is 2.68. The topological polar surface area (TPSA) is 28.3 Å². The molecule has 1 aromatic heterocycles. The van der Waals surface area contributed by atoms with Crippen LogP contribution >= 0.6 is 0 Å². The summed E-state index contributed by atoms with van der Waals surface area (Å²) < 4.78 is 5.25. The molecule has 0 amide bonds. The number of nitrogens with zero attached hydrogens (tertiary/aromatic N) is 1. The highest BCUT2D eigenvalue weighted by Crippen LogP contribution is 2.29. The van der Waals surface area contributed by atoms with Gasteiger partial charge in [-0.3, -0.25) is 0 Å². The van der Waals surface area contributed by atoms with E-state index in [9.17, 15) is 0 Å². The van der Waals surface area contributed by atoms with E-state index in [2.05, 4.69) is 28.6 Å². The summed E-state index contributed by atoms with van der Waals surface area (Å²) in [5.74, 6) is 0.900. The molecule has 1 N–H and O–H groups in total. The molecular weight excluding hydrogens is 212 g/mol. The number of nitrogens with one attached hydrogen (secondary N) is 1. The first-order valence-electron chi connectivity index (χ1n) is 5.86. The number of benzene rings is 1. The number of methoxy groups -OCH3 is 1. The lowest BCUT2D eigenvalue weighted by molar-refractivity contribution is 0.350. The van der Waals surface area contributed by atoms with Crippen molar-refractivity contribution in [3.63, 3.8) is 0 Å². The van der Waals surface area contributed by atoms with Gasteiger partial charge in [0.15, 0.2) is 0 Å². The molecule has 3 rings (SSSR count). The number of ether oxygens (including phenoxy) is 1. The van der Waals surface area contributed by atoms with Gasteiger partial charge in [0, 0.05) is 29.2 Å². The Balaban J connectivity index is 2.11. The van der Waals surface area contributed by atoms with Crippen LogP contribution in [0.15, 0.2) is 31.0 Å². The van der Waals surface area contributed by atoms with Gasteiger partial charge >= 0.3 is 0 Å². The highest BCUT2D eigenvalue weighted by Gasteiger charge is 2.18. The molecule has 3 nitrogen and oxygen atoms in total. The second kappa shape index (κ2) is 3.84. The molecule has 0 fully saturated rings. The van der Waals surface area contributed by atoms with E-state index in [0.29, 0.717) is 0 Å². The molecule has 0 spiro atoms. The third kappa shape index (κ3) is 1.58. The van der Waals surface area contributed by atoms with Crippen LogP contribution in [0, 0.1) is 0 Å². The van der Waals surface area contributed by atoms with Gasteiger partial charge in [-0.05, 0) is 30.3 Å². The second-order valence-electron chi connectivity index (χ2n) is 4.40. The number of hydrogen-bond donors (Lipinski definition) is 1. The summed E-state index contributed by atoms with van der Waals surface area (Å²) >= 11 is 0. The Morgan fingerprint density at radius 1 is 1.47 bits per heavy atom. The van der Waals surface area contributed by atoms with Crippen molar-refractivity contribution in [3.8, 4) is 5.75 Å². The fraction of sp³-hybridized carbons (Fsp3) is 0.286. The van der Waals surface area contributed by atoms with Crippen LogP contribution in [0.4, 0.5) is 0 Å². The number of aromatic amines is 1. The maximum Gasteiger partial charge on any atom is 0.120 e. The van der Waals surface area contributed by atoms with E-state index in [1.807, 2.05) is 12.3 Å². The third-order valence-electron chi connectivity index (χ3n) is 3.47. The van der Waals surface area contributed by atoms with Gasteiger partial charge < -0.3 is 14.6 Å². The number of fused-ring (bicyclic) bond motifs is 3. The predicted molar refractivity (Wildman–Crippen MR) is 69.2 cm³/mol. The first-order valence-corrected chi connectivity index (χ1v) is 5.86. The molecule has 1 aromatic carbocycles. The Kier molecular flexibility index (Phi) is 2.32. The van der Waals surface area contributed by atoms with Gasteiger partial charge in [0.25, 0.3) is 0 Å². The van der Waals surface area contributed by atoms with Crippen molar-refractivity contribution >= 4 is 10.9 Å². The van der Waals surface area contributed by atoms with Crippen molar-refractivity contribution in [3.05, 3.63) is 42.2 Å². The Labute approximate surface area is 101 Å². The Bertz CT molecular complexity index is 571. The van der Waals surface area contributed by atoms with Crippen LogP contribution in [0.5, 0.6) is 5.75 Å². The monoisotopic (exact) mass is 228 g/mol. The number of H-pyrrole nitrogens is 1. The molecule has 0 aliphatic carbocycles. The maximum atomic E-state index is 5.25. The Morgan fingerprint density at radius 3 is 3.12 bits per heavy atom. The maximum absolute atomic E-state index is 5.25. The summed E-state index contributed by atoms with van der Waals surface area (Å²) in [5, 5.41) is 1.32. The van der Waals surface area contributed by atoms with E-state index in [4.69, 9.17) is 4.74 Å². The van der Waals surface area contributed by atoms with Gasteiger partial charge in [0.05, 0.1) is 13.7 Å². The van der Waals surface area contributed by atoms with Crippen LogP contribution in [0.3, 0.4) is 0 Å². The molecule has 17 heavy (non-hydrogen) atoms. The molecule has 3 heteroatoms. The first kappa shape index (κ1) is 10.3. The van der Waals surface area contributed by atoms with Crippen LogP contribution in [0.2, 0.25) is 0 Å². The fourth-order valence-corrected chi connectivity index (χ4v) is 2.53. The average Bonchev–Trinajstić information content (AvgIpc) is 2.74. The lowest BCUT2D eigenvalue weighted by Crippen LogP contribution is -2.25. The molecule has 0 saturated carbocycles. The van der Waals surface area contributed by atoms with E-state index < -0.39 is 0 Å². The number of aromatic nitrogens is 1. The van der Waals surface area contributed by atoms with Gasteiger partial charge in [-0.1, -0.05) is 6.58 Å². The molecule has 0 saturated heterocycles. The minimum Gasteiger partial charge on any atom is -0.497 e. The normalized spacial score (nSPS) is 14.8. The van der Waals surface area contributed by atoms with Gasteiger partial charge in [-0.15, -0.1) is 0 Å². The lowest BCUT2D eigenvalue weighted by Gasteiger charge is -2.24. The Hall–Kier alpha value is -1.90. The van der Waals surface area contributed by atoms with Crippen molar-refractivity contribution in [2.75, 3.05) is 13.7 Å². The highest BCUT2D eigenvalue weighted by atomic mass is 16.5. The standard InChI is InChI=1S/C14H16N2O/c1-3-16-7-6-12-11-5-4-10(17-2)8-13(11)15-14(12)9-16/h3-5,8,15H,1,6-7,9H2,2H3. The summed E-state index contributed by atoms with van der Waals surface area (Å²) in [4.78, 5) is 5.72. The van der Waals surface area contributed by atoms with E-state index >= 15 is 0 Å². The molecule has 0 atom stereocenters. The zero-order valence-corrected chi connectivity index (χ0v) is 9.99. The van der Waals surface area contributed by atoms with Gasteiger partial charge in [-0.25, -0.2) is 0 Å². The van der Waals surface area contributed by atoms with Crippen LogP contribution in [0.25, 0.3) is 10.9 Å². The minimum absolute atomic E-state index is 0.900. The van der Waals surface area contributed by atoms with E-state index in [0.717, 1.165) is 25.3 Å². The molecule has 1 aliphatic heterocycles. The number of rotatable bonds is 2. The van der Waals surface area contributed by atoms with Crippen molar-refractivity contribution in [2.24, 2.45) is 0 Å². The largest absolute Gasteiger partial charge is 0.497 e. The first-order chi connectivity index (χ1) is 8.31. The van der Waals surface area contributed by atoms with Crippen molar-refractivity contribution in [1.29, 1.82) is 0 Å². The quantitative estimate of drug-likeness (QED) is 0.856. The van der Waals surface area contributed by atoms with Gasteiger partial charge in [0.1, 0.15) is 5.75 Å². The summed E-state index contributed by atoms with van der Waals surface area (Å²) in [5.41, 5.74) is 3.92. The molecular formula is C14H16N2O. The smallest absolute Gasteiger partial charge is 0.120 e. The van der Waals surface area contributed by atoms with Crippen molar-refractivity contribution < 1.29 is 4.74 Å². The van der Waals surface area contributed by atoms with E-state index in [-0.39, 0.29) is 0 Å². The summed E-state index contributed by atoms with van der Waals surface area (Å²) in [6.45, 7) is 5.81. The van der Waals surface area contributed by atoms with Crippen LogP contribution in [-0.4, -0.2) is 23.5 Å². The van der Waals surface area contributed by atoms with Crippen LogP contribution in [0.1, 0.15) is 11.3 Å². The van der Waals surface area contributed by atoms with Gasteiger partial charge in [-0.2, -0.15) is 0 Å². The zero-order valence-electron chi connectivity index (χ0n) is 9.99. The summed E-state index contributed by atoms with van der Waals surface area (Å²) in [7, 11) is 1.70. The van der Waals surface area contributed by atoms with Crippen molar-refractivity contribution in [2.45, 2.75) is 13.0 Å². The zero-order chi connectivity index (χ0) is 11.8. The van der Waals surface area contributed by atoms with Crippen LogP contribution in [-0.2, 0) is 13.0 Å². The SMILES string of the molecule is C=CN1CCc2c([nH]c3cc(OC)ccc23)C1. The summed E-state index contributed by atoms with van der Waals surface area (Å²) in [6, 6.07) is 6.23. The molecule has 2 heterocycles. The minimum atomic E-state index is 0.900. The molecule has 0 unspecified atom stereocenters. The van der Waals surface area contributed by atoms with E-state index in [1.165, 1.54) is 22.2 Å². The van der Waals surface area contributed by atoms with Gasteiger partial charge in [0.2, 0.25) is 0 Å². The molecule has 0 radical (unpaired) electrons. The lowest BCUT2D eigenvalue weighted by atomic mass is 10.0. The summed E-state index contributed by atoms with van der Waals surface area (Å²) in [6.07, 6.45) is 2.99. The average molecular weight is 228 g/mol. The third-order valence-corrected chi connectivity index (χ3v) is 3.47. The number of hydrogen-bond acceptors (Lipinski definition) is 2. The van der Waals surface area contributed by atoms with E-state index in [1.54, 1.807) is 7.11 Å². The Morgan fingerprint density at radius 2 is 2.35 bits per heavy atom. The molecule has 2 aromatic rings. The molecule has 0 bridgehead atoms. The highest BCUT2D eigenvalue weighted by molar-refractivity contribution is 5.86. The van der Waals surface area contributed by atoms with Crippen molar-refractivity contribution in [1.82, 2.24) is 9.88 Å². The molecule has 1 aliphatic rings.